The van der Waals surface area contributed by atoms with Crippen molar-refractivity contribution in [2.24, 2.45) is 11.8 Å². The number of rotatable bonds is 2. The number of hydrogen-bond donors (Lipinski definition) is 2. The Balaban J connectivity index is 0.000000188. The third kappa shape index (κ3) is 4.44. The Bertz CT molecular complexity index is 1130. The molecular weight excluding hydrogens is 577 g/mol. The van der Waals surface area contributed by atoms with Crippen molar-refractivity contribution in [1.82, 2.24) is 9.55 Å². The Labute approximate surface area is 202 Å². The average molecular weight is 604 g/mol. The fourth-order valence-corrected chi connectivity index (χ4v) is 5.15. The number of para-hydroxylation sites is 3. The minimum Gasteiger partial charge on any atom is -0.393 e. The van der Waals surface area contributed by atoms with E-state index in [0.29, 0.717) is 5.92 Å². The molecule has 4 aromatic rings. The van der Waals surface area contributed by atoms with Crippen molar-refractivity contribution in [3.63, 3.8) is 0 Å². The standard InChI is InChI=1S/C19H13N2.C8H14O2.Ir/c1-3-9-15(10-4-1)19-20-17-13-7-8-14-18(17)21(19)16-11-5-2-6-12-16;9-6-3-1-5-2-4-7(10)8(5)6;/h1-9,11-14H;5-10H,1-4H2;/q-1;;. The van der Waals surface area contributed by atoms with Crippen molar-refractivity contribution in [3.05, 3.63) is 84.9 Å². The number of nitrogens with zero attached hydrogens (tertiary/aromatic N) is 2. The first-order chi connectivity index (χ1) is 15.2. The molecule has 0 spiro atoms. The van der Waals surface area contributed by atoms with Gasteiger partial charge >= 0.3 is 0 Å². The van der Waals surface area contributed by atoms with Gasteiger partial charge in [-0.1, -0.05) is 30.3 Å². The van der Waals surface area contributed by atoms with E-state index >= 15 is 0 Å². The van der Waals surface area contributed by atoms with Gasteiger partial charge in [0, 0.05) is 31.7 Å². The van der Waals surface area contributed by atoms with E-state index in [9.17, 15) is 10.2 Å². The Kier molecular flexibility index (Phi) is 7.22. The average Bonchev–Trinajstić information content (AvgIpc) is 3.50. The van der Waals surface area contributed by atoms with Crippen LogP contribution in [0.3, 0.4) is 0 Å². The van der Waals surface area contributed by atoms with Gasteiger partial charge in [-0.25, -0.2) is 0 Å². The van der Waals surface area contributed by atoms with E-state index in [4.69, 9.17) is 4.98 Å². The van der Waals surface area contributed by atoms with Crippen LogP contribution in [0.4, 0.5) is 0 Å². The van der Waals surface area contributed by atoms with Crippen LogP contribution in [0, 0.1) is 17.9 Å². The topological polar surface area (TPSA) is 58.3 Å². The molecule has 0 aliphatic heterocycles. The van der Waals surface area contributed by atoms with Crippen LogP contribution >= 0.6 is 0 Å². The summed E-state index contributed by atoms with van der Waals surface area (Å²) in [6.45, 7) is 0. The van der Waals surface area contributed by atoms with Crippen molar-refractivity contribution in [2.45, 2.75) is 37.9 Å². The van der Waals surface area contributed by atoms with Crippen molar-refractivity contribution < 1.29 is 30.3 Å². The number of benzene rings is 3. The maximum atomic E-state index is 9.41. The molecule has 2 N–H and O–H groups in total. The molecule has 0 saturated heterocycles. The normalized spacial score (nSPS) is 23.8. The Morgan fingerprint density at radius 1 is 0.781 bits per heavy atom. The first-order valence-corrected chi connectivity index (χ1v) is 11.1. The summed E-state index contributed by atoms with van der Waals surface area (Å²) in [4.78, 5) is 4.79. The number of aliphatic hydroxyl groups is 2. The molecule has 2 aliphatic rings. The zero-order chi connectivity index (χ0) is 21.2. The smallest absolute Gasteiger partial charge is 0.0774 e. The van der Waals surface area contributed by atoms with E-state index < -0.39 is 0 Å². The monoisotopic (exact) mass is 604 g/mol. The summed E-state index contributed by atoms with van der Waals surface area (Å²) in [5.74, 6) is 1.77. The molecule has 6 rings (SSSR count). The molecule has 1 radical (unpaired) electrons. The minimum atomic E-state index is -0.206. The molecule has 4 nitrogen and oxygen atoms in total. The van der Waals surface area contributed by atoms with Gasteiger partial charge < -0.3 is 14.8 Å². The minimum absolute atomic E-state index is 0. The van der Waals surface area contributed by atoms with Crippen molar-refractivity contribution in [3.8, 4) is 17.1 Å². The quantitative estimate of drug-likeness (QED) is 0.317. The van der Waals surface area contributed by atoms with Crippen LogP contribution in [0.25, 0.3) is 28.1 Å². The molecule has 32 heavy (non-hydrogen) atoms. The summed E-state index contributed by atoms with van der Waals surface area (Å²) in [7, 11) is 0. The van der Waals surface area contributed by atoms with Crippen LogP contribution in [0.5, 0.6) is 0 Å². The van der Waals surface area contributed by atoms with Crippen LogP contribution in [-0.2, 0) is 20.1 Å². The fourth-order valence-electron chi connectivity index (χ4n) is 5.15. The van der Waals surface area contributed by atoms with Crippen LogP contribution in [0.1, 0.15) is 25.7 Å². The molecule has 5 heteroatoms. The van der Waals surface area contributed by atoms with Gasteiger partial charge in [0.2, 0.25) is 0 Å². The van der Waals surface area contributed by atoms with Crippen molar-refractivity contribution in [1.29, 1.82) is 0 Å². The number of imidazole rings is 1. The molecule has 2 aliphatic carbocycles. The van der Waals surface area contributed by atoms with Gasteiger partial charge in [0.05, 0.1) is 29.1 Å². The predicted octanol–water partition coefficient (Wildman–Crippen LogP) is 5.02. The van der Waals surface area contributed by atoms with Gasteiger partial charge in [0.15, 0.2) is 0 Å². The second-order valence-electron chi connectivity index (χ2n) is 8.50. The zero-order valence-electron chi connectivity index (χ0n) is 17.8. The molecule has 0 amide bonds. The van der Waals surface area contributed by atoms with Crippen LogP contribution in [-0.4, -0.2) is 32.0 Å². The first-order valence-electron chi connectivity index (χ1n) is 11.1. The summed E-state index contributed by atoms with van der Waals surface area (Å²) in [6.07, 6.45) is 3.66. The van der Waals surface area contributed by atoms with E-state index in [1.165, 1.54) is 0 Å². The van der Waals surface area contributed by atoms with Crippen LogP contribution in [0.15, 0.2) is 78.9 Å². The SMILES string of the molecule is OC1CCC2CCC(O)C12.[Ir].[c-]1ccccc1-c1nc2ccccc2n1-c1ccccc1. The molecule has 0 bridgehead atoms. The molecule has 1 heterocycles. The Morgan fingerprint density at radius 2 is 1.44 bits per heavy atom. The van der Waals surface area contributed by atoms with Crippen LogP contribution < -0.4 is 0 Å². The third-order valence-corrected chi connectivity index (χ3v) is 6.62. The third-order valence-electron chi connectivity index (χ3n) is 6.62. The largest absolute Gasteiger partial charge is 0.393 e. The molecule has 2 fully saturated rings. The first kappa shape index (κ1) is 22.9. The maximum absolute atomic E-state index is 9.41. The number of fused-ring (bicyclic) bond motifs is 2. The molecule has 2 atom stereocenters. The predicted molar refractivity (Wildman–Crippen MR) is 123 cm³/mol. The molecule has 167 valence electrons. The molecule has 2 saturated carbocycles. The summed E-state index contributed by atoms with van der Waals surface area (Å²) >= 11 is 0. The van der Waals surface area contributed by atoms with Gasteiger partial charge in [-0.05, 0) is 55.9 Å². The van der Waals surface area contributed by atoms with Crippen molar-refractivity contribution in [2.75, 3.05) is 0 Å². The van der Waals surface area contributed by atoms with E-state index in [1.54, 1.807) is 0 Å². The Hall–Kier alpha value is -2.30. The van der Waals surface area contributed by atoms with E-state index in [1.807, 2.05) is 60.7 Å². The second kappa shape index (κ2) is 10.1. The van der Waals surface area contributed by atoms with Crippen LogP contribution in [0.2, 0.25) is 0 Å². The van der Waals surface area contributed by atoms with Crippen molar-refractivity contribution >= 4 is 11.0 Å². The Morgan fingerprint density at radius 3 is 2.09 bits per heavy atom. The molecule has 2 unspecified atom stereocenters. The van der Waals surface area contributed by atoms with E-state index in [2.05, 4.69) is 28.8 Å². The summed E-state index contributed by atoms with van der Waals surface area (Å²) < 4.78 is 2.18. The van der Waals surface area contributed by atoms with Gasteiger partial charge in [-0.2, -0.15) is 0 Å². The number of aromatic nitrogens is 2. The molecule has 1 aromatic heterocycles. The molecule has 3 aromatic carbocycles. The van der Waals surface area contributed by atoms with E-state index in [-0.39, 0.29) is 38.2 Å². The second-order valence-corrected chi connectivity index (χ2v) is 8.50. The summed E-state index contributed by atoms with van der Waals surface area (Å²) in [6, 6.07) is 29.7. The van der Waals surface area contributed by atoms with Gasteiger partial charge in [-0.3, -0.25) is 4.98 Å². The number of aliphatic hydroxyl groups excluding tert-OH is 2. The van der Waals surface area contributed by atoms with Gasteiger partial charge in [0.1, 0.15) is 0 Å². The molecular formula is C27H27IrN2O2-. The maximum Gasteiger partial charge on any atom is 0.0774 e. The van der Waals surface area contributed by atoms with E-state index in [0.717, 1.165) is 53.8 Å². The fraction of sp³-hybridized carbons (Fsp3) is 0.296. The zero-order valence-corrected chi connectivity index (χ0v) is 20.2. The summed E-state index contributed by atoms with van der Waals surface area (Å²) in [5.41, 5.74) is 4.21. The number of hydrogen-bond acceptors (Lipinski definition) is 3. The van der Waals surface area contributed by atoms with Gasteiger partial charge in [-0.15, -0.1) is 35.9 Å². The van der Waals surface area contributed by atoms with Gasteiger partial charge in [0.25, 0.3) is 0 Å². The summed E-state index contributed by atoms with van der Waals surface area (Å²) in [5, 5.41) is 18.8.